The molecule has 0 bridgehead atoms. The van der Waals surface area contributed by atoms with E-state index in [0.29, 0.717) is 12.0 Å². The van der Waals surface area contributed by atoms with Gasteiger partial charge in [0.1, 0.15) is 0 Å². The fraction of sp³-hybridized carbons (Fsp3) is 0.600. The molecular formula is C15H23NO. The molecule has 2 heteroatoms. The quantitative estimate of drug-likeness (QED) is 0.863. The Morgan fingerprint density at radius 2 is 2.12 bits per heavy atom. The molecule has 1 aliphatic rings. The Bertz CT molecular complexity index is 327. The van der Waals surface area contributed by atoms with Crippen molar-refractivity contribution in [3.05, 3.63) is 35.4 Å². The van der Waals surface area contributed by atoms with Gasteiger partial charge in [0.2, 0.25) is 0 Å². The van der Waals surface area contributed by atoms with Gasteiger partial charge in [0, 0.05) is 19.2 Å². The first kappa shape index (κ1) is 12.6. The number of hydrogen-bond donors (Lipinski definition) is 1. The van der Waals surface area contributed by atoms with Crippen LogP contribution in [0.25, 0.3) is 0 Å². The molecule has 0 saturated carbocycles. The van der Waals surface area contributed by atoms with Crippen molar-refractivity contribution in [3.8, 4) is 0 Å². The van der Waals surface area contributed by atoms with Crippen molar-refractivity contribution in [3.63, 3.8) is 0 Å². The third-order valence-electron chi connectivity index (χ3n) is 3.54. The maximum atomic E-state index is 5.50. The molecule has 1 aromatic carbocycles. The molecule has 1 N–H and O–H groups in total. The summed E-state index contributed by atoms with van der Waals surface area (Å²) in [5, 5.41) is 3.61. The van der Waals surface area contributed by atoms with Gasteiger partial charge < -0.3 is 10.1 Å². The summed E-state index contributed by atoms with van der Waals surface area (Å²) in [7, 11) is 0. The van der Waals surface area contributed by atoms with Gasteiger partial charge in [0.15, 0.2) is 0 Å². The van der Waals surface area contributed by atoms with Gasteiger partial charge in [-0.05, 0) is 38.2 Å². The minimum atomic E-state index is 0.428. The lowest BCUT2D eigenvalue weighted by Gasteiger charge is -2.24. The van der Waals surface area contributed by atoms with Crippen LogP contribution in [0.1, 0.15) is 36.9 Å². The molecule has 1 heterocycles. The molecule has 2 nitrogen and oxygen atoms in total. The SMILES string of the molecule is Cc1ccc(C(C)NCC2CCCOC2)cc1. The third kappa shape index (κ3) is 3.83. The van der Waals surface area contributed by atoms with Crippen molar-refractivity contribution in [2.75, 3.05) is 19.8 Å². The average molecular weight is 233 g/mol. The fourth-order valence-corrected chi connectivity index (χ4v) is 2.28. The molecule has 0 radical (unpaired) electrons. The lowest BCUT2D eigenvalue weighted by molar-refractivity contribution is 0.0540. The van der Waals surface area contributed by atoms with Crippen molar-refractivity contribution in [1.29, 1.82) is 0 Å². The zero-order valence-electron chi connectivity index (χ0n) is 10.9. The van der Waals surface area contributed by atoms with Crippen molar-refractivity contribution in [2.45, 2.75) is 32.7 Å². The summed E-state index contributed by atoms with van der Waals surface area (Å²) < 4.78 is 5.50. The zero-order chi connectivity index (χ0) is 12.1. The second-order valence-electron chi connectivity index (χ2n) is 5.12. The highest BCUT2D eigenvalue weighted by molar-refractivity contribution is 5.23. The Hall–Kier alpha value is -0.860. The van der Waals surface area contributed by atoms with Gasteiger partial charge in [-0.2, -0.15) is 0 Å². The summed E-state index contributed by atoms with van der Waals surface area (Å²) in [6.07, 6.45) is 2.51. The van der Waals surface area contributed by atoms with Crippen LogP contribution in [-0.2, 0) is 4.74 Å². The van der Waals surface area contributed by atoms with Gasteiger partial charge in [-0.1, -0.05) is 29.8 Å². The summed E-state index contributed by atoms with van der Waals surface area (Å²) in [4.78, 5) is 0. The second-order valence-corrected chi connectivity index (χ2v) is 5.12. The molecule has 1 aliphatic heterocycles. The van der Waals surface area contributed by atoms with Crippen LogP contribution in [0.15, 0.2) is 24.3 Å². The predicted octanol–water partition coefficient (Wildman–Crippen LogP) is 3.07. The first-order chi connectivity index (χ1) is 8.25. The van der Waals surface area contributed by atoms with Crippen molar-refractivity contribution in [2.24, 2.45) is 5.92 Å². The van der Waals surface area contributed by atoms with E-state index in [1.807, 2.05) is 0 Å². The normalized spacial score (nSPS) is 22.4. The average Bonchev–Trinajstić information content (AvgIpc) is 2.38. The molecule has 2 rings (SSSR count). The molecule has 2 unspecified atom stereocenters. The van der Waals surface area contributed by atoms with Crippen LogP contribution >= 0.6 is 0 Å². The zero-order valence-corrected chi connectivity index (χ0v) is 10.9. The Morgan fingerprint density at radius 1 is 1.35 bits per heavy atom. The summed E-state index contributed by atoms with van der Waals surface area (Å²) in [6, 6.07) is 9.21. The van der Waals surface area contributed by atoms with Crippen LogP contribution < -0.4 is 5.32 Å². The summed E-state index contributed by atoms with van der Waals surface area (Å²) >= 11 is 0. The molecule has 2 atom stereocenters. The topological polar surface area (TPSA) is 21.3 Å². The first-order valence-electron chi connectivity index (χ1n) is 6.63. The van der Waals surface area contributed by atoms with E-state index in [9.17, 15) is 0 Å². The molecule has 0 aromatic heterocycles. The number of benzene rings is 1. The highest BCUT2D eigenvalue weighted by Gasteiger charge is 2.14. The highest BCUT2D eigenvalue weighted by Crippen LogP contribution is 2.16. The lowest BCUT2D eigenvalue weighted by atomic mass is 10.0. The van der Waals surface area contributed by atoms with E-state index in [-0.39, 0.29) is 0 Å². The van der Waals surface area contributed by atoms with E-state index < -0.39 is 0 Å². The Balaban J connectivity index is 1.80. The number of nitrogens with one attached hydrogen (secondary N) is 1. The Labute approximate surface area is 104 Å². The predicted molar refractivity (Wildman–Crippen MR) is 71.1 cm³/mol. The fourth-order valence-electron chi connectivity index (χ4n) is 2.28. The highest BCUT2D eigenvalue weighted by atomic mass is 16.5. The smallest absolute Gasteiger partial charge is 0.0506 e. The molecular weight excluding hydrogens is 210 g/mol. The minimum absolute atomic E-state index is 0.428. The van der Waals surface area contributed by atoms with Crippen molar-refractivity contribution >= 4 is 0 Å². The molecule has 94 valence electrons. The van der Waals surface area contributed by atoms with E-state index in [4.69, 9.17) is 4.74 Å². The molecule has 0 spiro atoms. The Kier molecular flexibility index (Phi) is 4.57. The lowest BCUT2D eigenvalue weighted by Crippen LogP contribution is -2.30. The summed E-state index contributed by atoms with van der Waals surface area (Å²) in [5.41, 5.74) is 2.69. The van der Waals surface area contributed by atoms with E-state index >= 15 is 0 Å². The van der Waals surface area contributed by atoms with Gasteiger partial charge in [0.05, 0.1) is 6.61 Å². The standard InChI is InChI=1S/C15H23NO/c1-12-5-7-15(8-6-12)13(2)16-10-14-4-3-9-17-11-14/h5-8,13-14,16H,3-4,9-11H2,1-2H3. The minimum Gasteiger partial charge on any atom is -0.381 e. The summed E-state index contributed by atoms with van der Waals surface area (Å²) in [6.45, 7) is 7.29. The van der Waals surface area contributed by atoms with Crippen LogP contribution in [0.4, 0.5) is 0 Å². The van der Waals surface area contributed by atoms with E-state index in [1.165, 1.54) is 24.0 Å². The van der Waals surface area contributed by atoms with Gasteiger partial charge in [0.25, 0.3) is 0 Å². The maximum Gasteiger partial charge on any atom is 0.0506 e. The molecule has 17 heavy (non-hydrogen) atoms. The van der Waals surface area contributed by atoms with Crippen molar-refractivity contribution in [1.82, 2.24) is 5.32 Å². The summed E-state index contributed by atoms with van der Waals surface area (Å²) in [5.74, 6) is 0.691. The van der Waals surface area contributed by atoms with Gasteiger partial charge in [-0.25, -0.2) is 0 Å². The number of hydrogen-bond acceptors (Lipinski definition) is 2. The maximum absolute atomic E-state index is 5.50. The van der Waals surface area contributed by atoms with Crippen molar-refractivity contribution < 1.29 is 4.74 Å². The monoisotopic (exact) mass is 233 g/mol. The third-order valence-corrected chi connectivity index (χ3v) is 3.54. The molecule has 1 fully saturated rings. The second kappa shape index (κ2) is 6.18. The van der Waals surface area contributed by atoms with E-state index in [2.05, 4.69) is 43.4 Å². The molecule has 1 saturated heterocycles. The van der Waals surface area contributed by atoms with Crippen LogP contribution in [0, 0.1) is 12.8 Å². The van der Waals surface area contributed by atoms with Crippen LogP contribution in [-0.4, -0.2) is 19.8 Å². The van der Waals surface area contributed by atoms with Crippen LogP contribution in [0.3, 0.4) is 0 Å². The Morgan fingerprint density at radius 3 is 2.76 bits per heavy atom. The van der Waals surface area contributed by atoms with E-state index in [1.54, 1.807) is 0 Å². The van der Waals surface area contributed by atoms with E-state index in [0.717, 1.165) is 19.8 Å². The van der Waals surface area contributed by atoms with Crippen LogP contribution in [0.5, 0.6) is 0 Å². The molecule has 1 aromatic rings. The number of rotatable bonds is 4. The molecule has 0 aliphatic carbocycles. The van der Waals surface area contributed by atoms with Gasteiger partial charge >= 0.3 is 0 Å². The number of aryl methyl sites for hydroxylation is 1. The largest absolute Gasteiger partial charge is 0.381 e. The van der Waals surface area contributed by atoms with Gasteiger partial charge in [-0.3, -0.25) is 0 Å². The van der Waals surface area contributed by atoms with Gasteiger partial charge in [-0.15, -0.1) is 0 Å². The van der Waals surface area contributed by atoms with Crippen LogP contribution in [0.2, 0.25) is 0 Å². The molecule has 0 amide bonds. The number of ether oxygens (including phenoxy) is 1. The first-order valence-corrected chi connectivity index (χ1v) is 6.63.